The molecule has 0 aliphatic carbocycles. The summed E-state index contributed by atoms with van der Waals surface area (Å²) in [5.74, 6) is -0.0315. The lowest BCUT2D eigenvalue weighted by molar-refractivity contribution is -0.117. The number of amides is 1. The number of carbonyl (C=O) groups is 1. The first kappa shape index (κ1) is 15.6. The molecule has 3 rings (SSSR count). The fourth-order valence-corrected chi connectivity index (χ4v) is 3.67. The SMILES string of the molecule is O=C1CC(CNS(=O)(=O)c2cccnc2)CN1c1ccccc1. The summed E-state index contributed by atoms with van der Waals surface area (Å²) in [7, 11) is -3.59. The molecule has 2 heterocycles. The van der Waals surface area contributed by atoms with E-state index < -0.39 is 10.0 Å². The van der Waals surface area contributed by atoms with Crippen molar-refractivity contribution in [3.8, 4) is 0 Å². The number of hydrogen-bond donors (Lipinski definition) is 1. The molecule has 7 heteroatoms. The Labute approximate surface area is 135 Å². The van der Waals surface area contributed by atoms with E-state index in [2.05, 4.69) is 9.71 Å². The van der Waals surface area contributed by atoms with Gasteiger partial charge in [-0.15, -0.1) is 0 Å². The number of nitrogens with one attached hydrogen (secondary N) is 1. The molecule has 0 spiro atoms. The summed E-state index contributed by atoms with van der Waals surface area (Å²) in [4.78, 5) is 17.8. The average Bonchev–Trinajstić information content (AvgIpc) is 2.96. The molecule has 0 radical (unpaired) electrons. The molecule has 0 saturated carbocycles. The molecule has 6 nitrogen and oxygen atoms in total. The van der Waals surface area contributed by atoms with Crippen LogP contribution in [0.15, 0.2) is 59.8 Å². The predicted octanol–water partition coefficient (Wildman–Crippen LogP) is 1.41. The van der Waals surface area contributed by atoms with Gasteiger partial charge in [0.25, 0.3) is 0 Å². The summed E-state index contributed by atoms with van der Waals surface area (Å²) in [6.45, 7) is 0.741. The third kappa shape index (κ3) is 3.57. The molecule has 1 saturated heterocycles. The molecule has 1 fully saturated rings. The van der Waals surface area contributed by atoms with Gasteiger partial charge in [-0.1, -0.05) is 18.2 Å². The van der Waals surface area contributed by atoms with Gasteiger partial charge in [-0.2, -0.15) is 0 Å². The zero-order valence-corrected chi connectivity index (χ0v) is 13.2. The first-order valence-electron chi connectivity index (χ1n) is 7.31. The first-order valence-corrected chi connectivity index (χ1v) is 8.80. The fraction of sp³-hybridized carbons (Fsp3) is 0.250. The standard InChI is InChI=1S/C16H17N3O3S/c20-16-9-13(12-19(16)14-5-2-1-3-6-14)10-18-23(21,22)15-7-4-8-17-11-15/h1-8,11,13,18H,9-10,12H2. The Balaban J connectivity index is 1.63. The summed E-state index contributed by atoms with van der Waals surface area (Å²) in [6, 6.07) is 12.5. The predicted molar refractivity (Wildman–Crippen MR) is 86.3 cm³/mol. The number of rotatable bonds is 5. The number of hydrogen-bond acceptors (Lipinski definition) is 4. The van der Waals surface area contributed by atoms with E-state index in [0.29, 0.717) is 13.0 Å². The van der Waals surface area contributed by atoms with Crippen LogP contribution in [0.5, 0.6) is 0 Å². The molecular formula is C16H17N3O3S. The highest BCUT2D eigenvalue weighted by Gasteiger charge is 2.31. The highest BCUT2D eigenvalue weighted by Crippen LogP contribution is 2.24. The van der Waals surface area contributed by atoms with Crippen molar-refractivity contribution in [3.05, 3.63) is 54.9 Å². The van der Waals surface area contributed by atoms with Gasteiger partial charge in [0.05, 0.1) is 0 Å². The molecule has 1 aliphatic heterocycles. The second-order valence-electron chi connectivity index (χ2n) is 5.45. The number of carbonyl (C=O) groups excluding carboxylic acids is 1. The number of sulfonamides is 1. The minimum absolute atomic E-state index is 0.0155. The monoisotopic (exact) mass is 331 g/mol. The van der Waals surface area contributed by atoms with Crippen LogP contribution >= 0.6 is 0 Å². The van der Waals surface area contributed by atoms with Gasteiger partial charge >= 0.3 is 0 Å². The Hall–Kier alpha value is -2.25. The Morgan fingerprint density at radius 3 is 2.65 bits per heavy atom. The molecule has 2 aromatic rings. The van der Waals surface area contributed by atoms with Gasteiger partial charge in [0.15, 0.2) is 0 Å². The van der Waals surface area contributed by atoms with Crippen LogP contribution in [0.3, 0.4) is 0 Å². The van der Waals surface area contributed by atoms with Gasteiger partial charge < -0.3 is 4.90 Å². The molecular weight excluding hydrogens is 314 g/mol. The number of pyridine rings is 1. The van der Waals surface area contributed by atoms with E-state index >= 15 is 0 Å². The minimum atomic E-state index is -3.59. The summed E-state index contributed by atoms with van der Waals surface area (Å²) >= 11 is 0. The Morgan fingerprint density at radius 2 is 1.96 bits per heavy atom. The normalized spacial score (nSPS) is 18.3. The average molecular weight is 331 g/mol. The van der Waals surface area contributed by atoms with Crippen LogP contribution in [-0.2, 0) is 14.8 Å². The van der Waals surface area contributed by atoms with E-state index in [1.54, 1.807) is 11.0 Å². The molecule has 1 aliphatic rings. The lowest BCUT2D eigenvalue weighted by Gasteiger charge is -2.16. The Bertz CT molecular complexity index is 779. The van der Waals surface area contributed by atoms with Gasteiger partial charge in [0.2, 0.25) is 15.9 Å². The molecule has 1 atom stereocenters. The molecule has 1 aromatic heterocycles. The van der Waals surface area contributed by atoms with Crippen molar-refractivity contribution >= 4 is 21.6 Å². The second-order valence-corrected chi connectivity index (χ2v) is 7.22. The van der Waals surface area contributed by atoms with E-state index in [4.69, 9.17) is 0 Å². The van der Waals surface area contributed by atoms with E-state index in [1.165, 1.54) is 18.5 Å². The lowest BCUT2D eigenvalue weighted by atomic mass is 10.1. The van der Waals surface area contributed by atoms with Gasteiger partial charge in [0, 0.05) is 37.6 Å². The molecule has 1 amide bonds. The van der Waals surface area contributed by atoms with Crippen LogP contribution in [0.25, 0.3) is 0 Å². The van der Waals surface area contributed by atoms with Gasteiger partial charge in [-0.05, 0) is 30.2 Å². The number of anilines is 1. The van der Waals surface area contributed by atoms with Gasteiger partial charge in [0.1, 0.15) is 4.90 Å². The maximum absolute atomic E-state index is 12.2. The number of nitrogens with zero attached hydrogens (tertiary/aromatic N) is 2. The first-order chi connectivity index (χ1) is 11.1. The van der Waals surface area contributed by atoms with Crippen molar-refractivity contribution in [1.29, 1.82) is 0 Å². The number of aromatic nitrogens is 1. The van der Waals surface area contributed by atoms with Crippen molar-refractivity contribution in [1.82, 2.24) is 9.71 Å². The Kier molecular flexibility index (Phi) is 4.40. The summed E-state index contributed by atoms with van der Waals surface area (Å²) < 4.78 is 26.9. The molecule has 1 N–H and O–H groups in total. The van der Waals surface area contributed by atoms with Gasteiger partial charge in [-0.3, -0.25) is 9.78 Å². The third-order valence-corrected chi connectivity index (χ3v) is 5.19. The lowest BCUT2D eigenvalue weighted by Crippen LogP contribution is -2.31. The summed E-state index contributed by atoms with van der Waals surface area (Å²) in [5, 5.41) is 0. The zero-order chi connectivity index (χ0) is 16.3. The van der Waals surface area contributed by atoms with Crippen molar-refractivity contribution < 1.29 is 13.2 Å². The van der Waals surface area contributed by atoms with E-state index in [1.807, 2.05) is 30.3 Å². The highest BCUT2D eigenvalue weighted by atomic mass is 32.2. The third-order valence-electron chi connectivity index (χ3n) is 3.78. The van der Waals surface area contributed by atoms with Crippen LogP contribution < -0.4 is 9.62 Å². The summed E-state index contributed by atoms with van der Waals surface area (Å²) in [6.07, 6.45) is 3.16. The van der Waals surface area contributed by atoms with Crippen LogP contribution in [0, 0.1) is 5.92 Å². The van der Waals surface area contributed by atoms with Crippen molar-refractivity contribution in [2.45, 2.75) is 11.3 Å². The molecule has 0 bridgehead atoms. The van der Waals surface area contributed by atoms with E-state index in [9.17, 15) is 13.2 Å². The van der Waals surface area contributed by atoms with Crippen molar-refractivity contribution in [2.24, 2.45) is 5.92 Å². The topological polar surface area (TPSA) is 79.4 Å². The smallest absolute Gasteiger partial charge is 0.242 e. The highest BCUT2D eigenvalue weighted by molar-refractivity contribution is 7.89. The minimum Gasteiger partial charge on any atom is -0.312 e. The van der Waals surface area contributed by atoms with Gasteiger partial charge in [-0.25, -0.2) is 13.1 Å². The number of benzene rings is 1. The molecule has 1 aromatic carbocycles. The zero-order valence-electron chi connectivity index (χ0n) is 12.4. The largest absolute Gasteiger partial charge is 0.312 e. The fourth-order valence-electron chi connectivity index (χ4n) is 2.59. The molecule has 23 heavy (non-hydrogen) atoms. The van der Waals surface area contributed by atoms with Crippen molar-refractivity contribution in [2.75, 3.05) is 18.0 Å². The van der Waals surface area contributed by atoms with E-state index in [0.717, 1.165) is 5.69 Å². The Morgan fingerprint density at radius 1 is 1.17 bits per heavy atom. The van der Waals surface area contributed by atoms with Crippen LogP contribution in [-0.4, -0.2) is 32.4 Å². The number of para-hydroxylation sites is 1. The molecule has 1 unspecified atom stereocenters. The van der Waals surface area contributed by atoms with Crippen LogP contribution in [0.2, 0.25) is 0 Å². The maximum Gasteiger partial charge on any atom is 0.242 e. The maximum atomic E-state index is 12.2. The van der Waals surface area contributed by atoms with Crippen LogP contribution in [0.1, 0.15) is 6.42 Å². The molecule has 120 valence electrons. The second kappa shape index (κ2) is 6.47. The quantitative estimate of drug-likeness (QED) is 0.898. The van der Waals surface area contributed by atoms with Crippen molar-refractivity contribution in [3.63, 3.8) is 0 Å². The summed E-state index contributed by atoms with van der Waals surface area (Å²) in [5.41, 5.74) is 0.843. The van der Waals surface area contributed by atoms with Crippen LogP contribution in [0.4, 0.5) is 5.69 Å². The van der Waals surface area contributed by atoms with E-state index in [-0.39, 0.29) is 23.3 Å².